The van der Waals surface area contributed by atoms with Gasteiger partial charge in [0.15, 0.2) is 0 Å². The third-order valence-corrected chi connectivity index (χ3v) is 13.1. The fraction of sp³-hybridized carbons (Fsp3) is 0.500. The van der Waals surface area contributed by atoms with Crippen LogP contribution in [0, 0.1) is 0 Å². The van der Waals surface area contributed by atoms with Crippen molar-refractivity contribution in [3.8, 4) is 0 Å². The molecule has 0 spiro atoms. The summed E-state index contributed by atoms with van der Waals surface area (Å²) in [6, 6.07) is 37.7. The van der Waals surface area contributed by atoms with Gasteiger partial charge in [0, 0.05) is 157 Å². The van der Waals surface area contributed by atoms with Crippen LogP contribution in [0.2, 0.25) is 0 Å². The molecular weight excluding hydrogens is 689 g/mol. The molecule has 4 aromatic rings. The molecule has 0 aliphatic carbocycles. The Bertz CT molecular complexity index is 1460. The summed E-state index contributed by atoms with van der Waals surface area (Å²) >= 11 is 0. The first kappa shape index (κ1) is 38.1. The monoisotopic (exact) mass is 753 g/mol. The molecule has 0 atom stereocenters. The smallest absolute Gasteiger partial charge is 0.0234 e. The number of piperazine rings is 4. The molecule has 296 valence electrons. The Labute approximate surface area is 336 Å². The van der Waals surface area contributed by atoms with Gasteiger partial charge < -0.3 is 0 Å². The predicted octanol–water partition coefficient (Wildman–Crippen LogP) is 5.27. The Balaban J connectivity index is 0.850. The van der Waals surface area contributed by atoms with E-state index in [1.165, 1.54) is 44.5 Å². The van der Waals surface area contributed by atoms with E-state index in [1.54, 1.807) is 0 Å². The first-order valence-electron chi connectivity index (χ1n) is 21.7. The predicted molar refractivity (Wildman–Crippen MR) is 228 cm³/mol. The lowest BCUT2D eigenvalue weighted by atomic mass is 10.1. The Morgan fingerprint density at radius 3 is 0.446 bits per heavy atom. The van der Waals surface area contributed by atoms with Crippen molar-refractivity contribution >= 4 is 0 Å². The van der Waals surface area contributed by atoms with Crippen molar-refractivity contribution in [1.82, 2.24) is 39.2 Å². The van der Waals surface area contributed by atoms with Crippen LogP contribution in [0.25, 0.3) is 0 Å². The standard InChI is InChI=1S/C48H64N8/c1-5-41-29-42(6-1)34-50-15-19-52(20-16-50)36-44-8-3-10-46(31-44)38-54-23-27-56(28-24-54)40-48-12-4-11-47(32-48)39-55-25-21-53(22-26-55)37-45-9-2-7-43(30-45)35-51-17-13-49(33-41)14-18-51/h1-12,29-32H,13-28,33-40H2. The molecule has 15 rings (SSSR count). The first-order chi connectivity index (χ1) is 27.6. The summed E-state index contributed by atoms with van der Waals surface area (Å²) in [5.41, 5.74) is 11.7. The van der Waals surface area contributed by atoms with Gasteiger partial charge in [0.05, 0.1) is 0 Å². The van der Waals surface area contributed by atoms with E-state index < -0.39 is 0 Å². The molecule has 11 aliphatic heterocycles. The van der Waals surface area contributed by atoms with Crippen LogP contribution in [-0.4, -0.2) is 144 Å². The van der Waals surface area contributed by atoms with E-state index in [9.17, 15) is 0 Å². The third-order valence-electron chi connectivity index (χ3n) is 13.1. The van der Waals surface area contributed by atoms with Crippen molar-refractivity contribution in [1.29, 1.82) is 0 Å². The second-order valence-corrected chi connectivity index (χ2v) is 17.5. The Morgan fingerprint density at radius 1 is 0.196 bits per heavy atom. The molecule has 0 N–H and O–H groups in total. The number of benzene rings is 4. The zero-order chi connectivity index (χ0) is 37.5. The van der Waals surface area contributed by atoms with Gasteiger partial charge >= 0.3 is 0 Å². The van der Waals surface area contributed by atoms with E-state index in [4.69, 9.17) is 0 Å². The zero-order valence-corrected chi connectivity index (χ0v) is 33.8. The highest BCUT2D eigenvalue weighted by molar-refractivity contribution is 5.27. The van der Waals surface area contributed by atoms with Gasteiger partial charge in [-0.25, -0.2) is 0 Å². The zero-order valence-electron chi connectivity index (χ0n) is 33.8. The molecule has 8 nitrogen and oxygen atoms in total. The lowest BCUT2D eigenvalue weighted by Gasteiger charge is -2.36. The van der Waals surface area contributed by atoms with Gasteiger partial charge in [-0.15, -0.1) is 0 Å². The molecule has 0 radical (unpaired) electrons. The largest absolute Gasteiger partial charge is 0.297 e. The molecule has 11 aliphatic rings. The maximum atomic E-state index is 2.66. The fourth-order valence-corrected chi connectivity index (χ4v) is 9.79. The molecule has 16 bridgehead atoms. The Morgan fingerprint density at radius 2 is 0.321 bits per heavy atom. The molecule has 4 saturated heterocycles. The summed E-state index contributed by atoms with van der Waals surface area (Å²) in [5, 5.41) is 0. The van der Waals surface area contributed by atoms with Crippen molar-refractivity contribution < 1.29 is 0 Å². The van der Waals surface area contributed by atoms with Crippen LogP contribution in [0.15, 0.2) is 97.1 Å². The van der Waals surface area contributed by atoms with Crippen LogP contribution in [0.5, 0.6) is 0 Å². The maximum absolute atomic E-state index is 2.66. The molecule has 0 amide bonds. The summed E-state index contributed by atoms with van der Waals surface area (Å²) in [4.78, 5) is 21.3. The van der Waals surface area contributed by atoms with E-state index in [1.807, 2.05) is 0 Å². The third kappa shape index (κ3) is 10.5. The summed E-state index contributed by atoms with van der Waals surface area (Å²) < 4.78 is 0. The SMILES string of the molecule is c1cc2cc(c1)CN1CCN(CC1)Cc1cccc(c1)CN1CCN(CC1)Cc1cccc(c1)CN1CCN(CC1)Cc1cccc(c1)CN1CCN(CC1)C2. The molecule has 11 heterocycles. The van der Waals surface area contributed by atoms with E-state index in [2.05, 4.69) is 136 Å². The van der Waals surface area contributed by atoms with Gasteiger partial charge in [-0.1, -0.05) is 97.1 Å². The van der Waals surface area contributed by atoms with Crippen molar-refractivity contribution in [3.63, 3.8) is 0 Å². The highest BCUT2D eigenvalue weighted by Crippen LogP contribution is 2.20. The normalized spacial score (nSPS) is 30.6. The minimum Gasteiger partial charge on any atom is -0.297 e. The number of hydrogen-bond acceptors (Lipinski definition) is 8. The van der Waals surface area contributed by atoms with Crippen LogP contribution in [0.1, 0.15) is 44.5 Å². The van der Waals surface area contributed by atoms with Gasteiger partial charge in [-0.2, -0.15) is 0 Å². The Kier molecular flexibility index (Phi) is 12.5. The minimum absolute atomic E-state index is 1.06. The summed E-state index contributed by atoms with van der Waals surface area (Å²) in [6.45, 7) is 26.7. The molecule has 0 saturated carbocycles. The molecule has 0 unspecified atom stereocenters. The van der Waals surface area contributed by atoms with E-state index in [0.717, 1.165) is 157 Å². The van der Waals surface area contributed by atoms with Crippen LogP contribution in [0.4, 0.5) is 0 Å². The van der Waals surface area contributed by atoms with Crippen LogP contribution >= 0.6 is 0 Å². The van der Waals surface area contributed by atoms with E-state index in [-0.39, 0.29) is 0 Å². The second-order valence-electron chi connectivity index (χ2n) is 17.5. The van der Waals surface area contributed by atoms with Gasteiger partial charge in [-0.3, -0.25) is 39.2 Å². The Hall–Kier alpha value is -3.44. The highest BCUT2D eigenvalue weighted by atomic mass is 15.3. The van der Waals surface area contributed by atoms with Gasteiger partial charge in [0.1, 0.15) is 0 Å². The molecule has 4 aromatic carbocycles. The lowest BCUT2D eigenvalue weighted by molar-refractivity contribution is 0.119. The van der Waals surface area contributed by atoms with E-state index >= 15 is 0 Å². The maximum Gasteiger partial charge on any atom is 0.0234 e. The van der Waals surface area contributed by atoms with Crippen LogP contribution in [-0.2, 0) is 52.4 Å². The topological polar surface area (TPSA) is 25.9 Å². The molecule has 56 heavy (non-hydrogen) atoms. The molecular formula is C48H64N8. The molecule has 4 fully saturated rings. The summed E-state index contributed by atoms with van der Waals surface area (Å²) in [7, 11) is 0. The highest BCUT2D eigenvalue weighted by Gasteiger charge is 2.22. The van der Waals surface area contributed by atoms with Crippen molar-refractivity contribution in [2.24, 2.45) is 0 Å². The van der Waals surface area contributed by atoms with Crippen LogP contribution < -0.4 is 0 Å². The number of hydrogen-bond donors (Lipinski definition) is 0. The summed E-state index contributed by atoms with van der Waals surface area (Å²) in [6.07, 6.45) is 0. The van der Waals surface area contributed by atoms with Crippen molar-refractivity contribution in [3.05, 3.63) is 142 Å². The van der Waals surface area contributed by atoms with E-state index in [0.29, 0.717) is 0 Å². The number of rotatable bonds is 0. The molecule has 0 aromatic heterocycles. The van der Waals surface area contributed by atoms with Gasteiger partial charge in [0.2, 0.25) is 0 Å². The van der Waals surface area contributed by atoms with Crippen LogP contribution in [0.3, 0.4) is 0 Å². The second kappa shape index (κ2) is 18.4. The molecule has 8 heteroatoms. The van der Waals surface area contributed by atoms with Gasteiger partial charge in [-0.05, 0) is 44.5 Å². The fourth-order valence-electron chi connectivity index (χ4n) is 9.79. The number of nitrogens with zero attached hydrogens (tertiary/aromatic N) is 8. The first-order valence-corrected chi connectivity index (χ1v) is 21.7. The lowest BCUT2D eigenvalue weighted by Crippen LogP contribution is -2.46. The van der Waals surface area contributed by atoms with Crippen molar-refractivity contribution in [2.75, 3.05) is 105 Å². The van der Waals surface area contributed by atoms with Gasteiger partial charge in [0.25, 0.3) is 0 Å². The average Bonchev–Trinajstić information content (AvgIpc) is 3.21. The quantitative estimate of drug-likeness (QED) is 0.240. The average molecular weight is 753 g/mol. The van der Waals surface area contributed by atoms with Crippen molar-refractivity contribution in [2.45, 2.75) is 52.4 Å². The minimum atomic E-state index is 1.06. The summed E-state index contributed by atoms with van der Waals surface area (Å²) in [5.74, 6) is 0.